The van der Waals surface area contributed by atoms with E-state index >= 15 is 0 Å². The molecule has 0 aliphatic heterocycles. The van der Waals surface area contributed by atoms with Crippen LogP contribution in [0.3, 0.4) is 0 Å². The Morgan fingerprint density at radius 2 is 1.64 bits per heavy atom. The third kappa shape index (κ3) is 7.10. The summed E-state index contributed by atoms with van der Waals surface area (Å²) in [7, 11) is 0. The number of aryl methyl sites for hydroxylation is 1. The van der Waals surface area contributed by atoms with Gasteiger partial charge in [-0.05, 0) is 111 Å². The van der Waals surface area contributed by atoms with Crippen molar-refractivity contribution in [3.8, 4) is 0 Å². The highest BCUT2D eigenvalue weighted by molar-refractivity contribution is 5.74. The zero-order valence-corrected chi connectivity index (χ0v) is 19.6. The summed E-state index contributed by atoms with van der Waals surface area (Å²) in [4.78, 5) is 18.8. The molecular weight excluding hydrogens is 427 g/mol. The van der Waals surface area contributed by atoms with Gasteiger partial charge in [-0.2, -0.15) is 13.2 Å². The van der Waals surface area contributed by atoms with Crippen molar-refractivity contribution in [2.24, 2.45) is 23.2 Å². The molecule has 0 unspecified atom stereocenters. The van der Waals surface area contributed by atoms with Crippen molar-refractivity contribution >= 4 is 6.03 Å². The minimum Gasteiger partial charge on any atom is -0.338 e. The Hall–Kier alpha value is -1.79. The van der Waals surface area contributed by atoms with Gasteiger partial charge in [0.2, 0.25) is 0 Å². The lowest BCUT2D eigenvalue weighted by molar-refractivity contribution is -0.135. The van der Waals surface area contributed by atoms with Crippen LogP contribution in [0.15, 0.2) is 24.5 Å². The van der Waals surface area contributed by atoms with Crippen LogP contribution in [0.5, 0.6) is 0 Å². The van der Waals surface area contributed by atoms with Crippen molar-refractivity contribution in [1.29, 1.82) is 0 Å². The molecule has 33 heavy (non-hydrogen) atoms. The summed E-state index contributed by atoms with van der Waals surface area (Å²) in [5.41, 5.74) is 1.55. The van der Waals surface area contributed by atoms with Gasteiger partial charge in [0.05, 0.1) is 0 Å². The van der Waals surface area contributed by atoms with Gasteiger partial charge in [0.1, 0.15) is 0 Å². The second kappa shape index (κ2) is 10.6. The van der Waals surface area contributed by atoms with Gasteiger partial charge in [-0.1, -0.05) is 0 Å². The number of halogens is 3. The molecule has 1 aromatic heterocycles. The van der Waals surface area contributed by atoms with Crippen LogP contribution in [-0.2, 0) is 6.42 Å². The lowest BCUT2D eigenvalue weighted by atomic mass is 9.49. The summed E-state index contributed by atoms with van der Waals surface area (Å²) in [6.45, 7) is 1.63. The standard InChI is InChI=1S/C26H38F3N3O/c27-26(28,29)7-1-2-12-32(24(33)31-9-3-4-20-5-10-30-11-6-20)13-8-25-17-21-14-22(18-25)16-23(15-21)19-25/h5-6,10-11,21-23H,1-4,7-9,12-19H2,(H,31,33). The van der Waals surface area contributed by atoms with E-state index in [0.717, 1.165) is 37.0 Å². The maximum Gasteiger partial charge on any atom is 0.389 e. The van der Waals surface area contributed by atoms with Crippen molar-refractivity contribution in [2.75, 3.05) is 19.6 Å². The summed E-state index contributed by atoms with van der Waals surface area (Å²) in [5, 5.41) is 3.02. The Kier molecular flexibility index (Phi) is 7.85. The first kappa shape index (κ1) is 24.3. The monoisotopic (exact) mass is 465 g/mol. The predicted octanol–water partition coefficient (Wildman–Crippen LogP) is 6.36. The van der Waals surface area contributed by atoms with Crippen LogP contribution in [0.2, 0.25) is 0 Å². The van der Waals surface area contributed by atoms with Gasteiger partial charge >= 0.3 is 12.2 Å². The van der Waals surface area contributed by atoms with Gasteiger partial charge in [0, 0.05) is 38.4 Å². The number of rotatable bonds is 11. The number of urea groups is 1. The molecule has 0 radical (unpaired) electrons. The molecule has 4 aliphatic rings. The molecule has 4 aliphatic carbocycles. The fourth-order valence-corrected chi connectivity index (χ4v) is 7.06. The average Bonchev–Trinajstić information content (AvgIpc) is 2.75. The second-order valence-corrected chi connectivity index (χ2v) is 10.9. The van der Waals surface area contributed by atoms with Crippen LogP contribution in [0.1, 0.15) is 76.2 Å². The summed E-state index contributed by atoms with van der Waals surface area (Å²) in [6.07, 6.45) is 9.81. The predicted molar refractivity (Wildman–Crippen MR) is 123 cm³/mol. The van der Waals surface area contributed by atoms with Gasteiger partial charge in [-0.3, -0.25) is 4.98 Å². The maximum absolute atomic E-state index is 12.9. The highest BCUT2D eigenvalue weighted by Gasteiger charge is 2.50. The van der Waals surface area contributed by atoms with Gasteiger partial charge in [-0.25, -0.2) is 4.79 Å². The van der Waals surface area contributed by atoms with E-state index in [1.807, 2.05) is 12.1 Å². The summed E-state index contributed by atoms with van der Waals surface area (Å²) < 4.78 is 37.7. The van der Waals surface area contributed by atoms with Crippen molar-refractivity contribution in [2.45, 2.75) is 83.2 Å². The van der Waals surface area contributed by atoms with E-state index in [0.29, 0.717) is 31.5 Å². The van der Waals surface area contributed by atoms with Gasteiger partial charge in [0.25, 0.3) is 0 Å². The smallest absolute Gasteiger partial charge is 0.338 e. The number of amides is 2. The molecule has 1 aromatic rings. The van der Waals surface area contributed by atoms with Crippen LogP contribution in [0, 0.1) is 23.2 Å². The fraction of sp³-hybridized carbons (Fsp3) is 0.769. The molecule has 1 N–H and O–H groups in total. The lowest BCUT2D eigenvalue weighted by Gasteiger charge is -2.57. The molecular formula is C26H38F3N3O. The zero-order valence-electron chi connectivity index (χ0n) is 19.6. The molecule has 0 spiro atoms. The van der Waals surface area contributed by atoms with Crippen molar-refractivity contribution in [3.63, 3.8) is 0 Å². The van der Waals surface area contributed by atoms with E-state index in [2.05, 4.69) is 10.3 Å². The quantitative estimate of drug-likeness (QED) is 0.386. The van der Waals surface area contributed by atoms with Gasteiger partial charge < -0.3 is 10.2 Å². The third-order valence-corrected chi connectivity index (χ3v) is 8.17. The van der Waals surface area contributed by atoms with Crippen LogP contribution in [0.25, 0.3) is 0 Å². The summed E-state index contributed by atoms with van der Waals surface area (Å²) in [6, 6.07) is 3.82. The largest absolute Gasteiger partial charge is 0.389 e. The van der Waals surface area contributed by atoms with Crippen molar-refractivity contribution < 1.29 is 18.0 Å². The Balaban J connectivity index is 1.27. The number of alkyl halides is 3. The van der Waals surface area contributed by atoms with Gasteiger partial charge in [-0.15, -0.1) is 0 Å². The number of hydrogen-bond acceptors (Lipinski definition) is 2. The Labute approximate surface area is 195 Å². The van der Waals surface area contributed by atoms with E-state index in [1.54, 1.807) is 17.3 Å². The molecule has 2 amide bonds. The number of pyridine rings is 1. The van der Waals surface area contributed by atoms with Crippen LogP contribution in [0.4, 0.5) is 18.0 Å². The normalized spacial score (nSPS) is 28.2. The number of carbonyl (C=O) groups is 1. The van der Waals surface area contributed by atoms with E-state index in [-0.39, 0.29) is 12.5 Å². The SMILES string of the molecule is O=C(NCCCc1ccncc1)N(CCCCC(F)(F)F)CCC12CC3CC(CC(C3)C1)C2. The Morgan fingerprint density at radius 1 is 1.00 bits per heavy atom. The number of nitrogens with zero attached hydrogens (tertiary/aromatic N) is 2. The summed E-state index contributed by atoms with van der Waals surface area (Å²) >= 11 is 0. The molecule has 0 saturated heterocycles. The van der Waals surface area contributed by atoms with Crippen molar-refractivity contribution in [1.82, 2.24) is 15.2 Å². The van der Waals surface area contributed by atoms with E-state index < -0.39 is 12.6 Å². The topological polar surface area (TPSA) is 45.2 Å². The molecule has 7 heteroatoms. The van der Waals surface area contributed by atoms with E-state index in [1.165, 1.54) is 44.1 Å². The second-order valence-electron chi connectivity index (χ2n) is 10.9. The maximum atomic E-state index is 12.9. The van der Waals surface area contributed by atoms with Crippen LogP contribution in [-0.4, -0.2) is 41.7 Å². The molecule has 0 aromatic carbocycles. The zero-order chi connectivity index (χ0) is 23.3. The number of unbranched alkanes of at least 4 members (excludes halogenated alkanes) is 1. The molecule has 4 saturated carbocycles. The van der Waals surface area contributed by atoms with E-state index in [4.69, 9.17) is 0 Å². The molecule has 184 valence electrons. The molecule has 5 rings (SSSR count). The summed E-state index contributed by atoms with van der Waals surface area (Å²) in [5.74, 6) is 2.58. The van der Waals surface area contributed by atoms with Crippen LogP contribution < -0.4 is 5.32 Å². The lowest BCUT2D eigenvalue weighted by Crippen LogP contribution is -2.48. The van der Waals surface area contributed by atoms with Crippen molar-refractivity contribution in [3.05, 3.63) is 30.1 Å². The highest BCUT2D eigenvalue weighted by Crippen LogP contribution is 2.61. The molecule has 4 fully saturated rings. The molecule has 0 atom stereocenters. The first-order valence-corrected chi connectivity index (χ1v) is 12.8. The third-order valence-electron chi connectivity index (χ3n) is 8.17. The number of hydrogen-bond donors (Lipinski definition) is 1. The number of aromatic nitrogens is 1. The molecule has 1 heterocycles. The number of nitrogens with one attached hydrogen (secondary N) is 1. The minimum atomic E-state index is -4.13. The number of carbonyl (C=O) groups excluding carboxylic acids is 1. The fourth-order valence-electron chi connectivity index (χ4n) is 7.06. The highest BCUT2D eigenvalue weighted by atomic mass is 19.4. The van der Waals surface area contributed by atoms with Crippen LogP contribution >= 0.6 is 0 Å². The minimum absolute atomic E-state index is 0.0761. The molecule has 4 bridgehead atoms. The molecule has 4 nitrogen and oxygen atoms in total. The van der Waals surface area contributed by atoms with Gasteiger partial charge in [0.15, 0.2) is 0 Å². The Bertz CT molecular complexity index is 733. The Morgan fingerprint density at radius 3 is 2.24 bits per heavy atom. The van der Waals surface area contributed by atoms with E-state index in [9.17, 15) is 18.0 Å². The first-order chi connectivity index (χ1) is 15.8. The average molecular weight is 466 g/mol. The first-order valence-electron chi connectivity index (χ1n) is 12.8.